The number of halogens is 1. The Bertz CT molecular complexity index is 543. The molecule has 0 fully saturated rings. The van der Waals surface area contributed by atoms with E-state index in [4.69, 9.17) is 17.3 Å². The molecular weight excluding hydrogens is 236 g/mol. The summed E-state index contributed by atoms with van der Waals surface area (Å²) in [5.41, 5.74) is 8.02. The van der Waals surface area contributed by atoms with E-state index in [0.717, 1.165) is 5.56 Å². The molecule has 0 saturated carbocycles. The maximum Gasteiger partial charge on any atom is 0.129 e. The third kappa shape index (κ3) is 2.57. The summed E-state index contributed by atoms with van der Waals surface area (Å²) in [6.45, 7) is 1.90. The molecule has 0 saturated heterocycles. The SMILES string of the molecule is Cc1cnc(N)c(C(O)c2cccc(Cl)c2)c1. The highest BCUT2D eigenvalue weighted by molar-refractivity contribution is 6.30. The molecule has 4 heteroatoms. The molecule has 17 heavy (non-hydrogen) atoms. The van der Waals surface area contributed by atoms with Gasteiger partial charge in [-0.3, -0.25) is 0 Å². The number of hydrogen-bond donors (Lipinski definition) is 2. The Morgan fingerprint density at radius 2 is 2.12 bits per heavy atom. The Hall–Kier alpha value is -1.58. The molecule has 1 aromatic carbocycles. The highest BCUT2D eigenvalue weighted by Gasteiger charge is 2.14. The van der Waals surface area contributed by atoms with Crippen LogP contribution in [0, 0.1) is 6.92 Å². The maximum atomic E-state index is 10.2. The van der Waals surface area contributed by atoms with Gasteiger partial charge in [-0.25, -0.2) is 4.98 Å². The van der Waals surface area contributed by atoms with Gasteiger partial charge >= 0.3 is 0 Å². The second kappa shape index (κ2) is 4.73. The average molecular weight is 249 g/mol. The van der Waals surface area contributed by atoms with E-state index in [9.17, 15) is 5.11 Å². The van der Waals surface area contributed by atoms with Crippen molar-refractivity contribution in [2.45, 2.75) is 13.0 Å². The predicted octanol–water partition coefficient (Wildman–Crippen LogP) is 2.71. The topological polar surface area (TPSA) is 59.1 Å². The molecule has 2 aromatic rings. The molecule has 0 bridgehead atoms. The largest absolute Gasteiger partial charge is 0.384 e. The van der Waals surface area contributed by atoms with Gasteiger partial charge in [0.2, 0.25) is 0 Å². The fraction of sp³-hybridized carbons (Fsp3) is 0.154. The van der Waals surface area contributed by atoms with Gasteiger partial charge in [0, 0.05) is 16.8 Å². The lowest BCUT2D eigenvalue weighted by molar-refractivity contribution is 0.220. The van der Waals surface area contributed by atoms with Crippen LogP contribution in [0.3, 0.4) is 0 Å². The minimum atomic E-state index is -0.805. The Balaban J connectivity index is 2.43. The summed E-state index contributed by atoms with van der Waals surface area (Å²) in [7, 11) is 0. The van der Waals surface area contributed by atoms with Gasteiger partial charge in [-0.15, -0.1) is 0 Å². The molecule has 3 nitrogen and oxygen atoms in total. The number of hydrogen-bond acceptors (Lipinski definition) is 3. The Morgan fingerprint density at radius 3 is 2.82 bits per heavy atom. The highest BCUT2D eigenvalue weighted by Crippen LogP contribution is 2.27. The molecule has 0 amide bonds. The van der Waals surface area contributed by atoms with Crippen LogP contribution in [0.4, 0.5) is 5.82 Å². The summed E-state index contributed by atoms with van der Waals surface area (Å²) >= 11 is 5.89. The van der Waals surface area contributed by atoms with Gasteiger partial charge in [0.05, 0.1) is 0 Å². The number of aryl methyl sites for hydroxylation is 1. The van der Waals surface area contributed by atoms with Crippen molar-refractivity contribution in [1.82, 2.24) is 4.98 Å². The Labute approximate surface area is 105 Å². The van der Waals surface area contributed by atoms with Crippen molar-refractivity contribution >= 4 is 17.4 Å². The summed E-state index contributed by atoms with van der Waals surface area (Å²) in [4.78, 5) is 4.03. The van der Waals surface area contributed by atoms with E-state index in [1.165, 1.54) is 0 Å². The van der Waals surface area contributed by atoms with Crippen molar-refractivity contribution in [3.05, 3.63) is 58.2 Å². The van der Waals surface area contributed by atoms with Gasteiger partial charge in [0.25, 0.3) is 0 Å². The predicted molar refractivity (Wildman–Crippen MR) is 68.9 cm³/mol. The lowest BCUT2D eigenvalue weighted by Gasteiger charge is -2.14. The first-order valence-electron chi connectivity index (χ1n) is 5.23. The smallest absolute Gasteiger partial charge is 0.129 e. The second-order valence-electron chi connectivity index (χ2n) is 3.94. The van der Waals surface area contributed by atoms with Gasteiger partial charge in [-0.1, -0.05) is 23.7 Å². The average Bonchev–Trinajstić information content (AvgIpc) is 2.31. The fourth-order valence-electron chi connectivity index (χ4n) is 1.68. The van der Waals surface area contributed by atoms with E-state index in [0.29, 0.717) is 22.0 Å². The number of nitrogens with two attached hydrogens (primary N) is 1. The van der Waals surface area contributed by atoms with Crippen molar-refractivity contribution in [3.8, 4) is 0 Å². The number of anilines is 1. The number of nitrogen functional groups attached to an aromatic ring is 1. The van der Waals surface area contributed by atoms with Crippen LogP contribution in [0.5, 0.6) is 0 Å². The number of aliphatic hydroxyl groups is 1. The third-order valence-electron chi connectivity index (χ3n) is 2.55. The van der Waals surface area contributed by atoms with Gasteiger partial charge in [0.15, 0.2) is 0 Å². The molecule has 0 aliphatic rings. The fourth-order valence-corrected chi connectivity index (χ4v) is 1.88. The van der Waals surface area contributed by atoms with Crippen molar-refractivity contribution in [3.63, 3.8) is 0 Å². The molecule has 0 radical (unpaired) electrons. The van der Waals surface area contributed by atoms with E-state index in [2.05, 4.69) is 4.98 Å². The highest BCUT2D eigenvalue weighted by atomic mass is 35.5. The molecular formula is C13H13ClN2O. The third-order valence-corrected chi connectivity index (χ3v) is 2.78. The minimum absolute atomic E-state index is 0.336. The standard InChI is InChI=1S/C13H13ClN2O/c1-8-5-11(13(15)16-7-8)12(17)9-3-2-4-10(14)6-9/h2-7,12,17H,1H3,(H2,15,16). The van der Waals surface area contributed by atoms with Gasteiger partial charge in [-0.2, -0.15) is 0 Å². The lowest BCUT2D eigenvalue weighted by atomic mass is 10.0. The first-order valence-corrected chi connectivity index (χ1v) is 5.61. The van der Waals surface area contributed by atoms with E-state index in [-0.39, 0.29) is 0 Å². The molecule has 1 unspecified atom stereocenters. The first-order chi connectivity index (χ1) is 8.08. The van der Waals surface area contributed by atoms with Crippen LogP contribution < -0.4 is 5.73 Å². The molecule has 1 atom stereocenters. The molecule has 88 valence electrons. The number of benzene rings is 1. The summed E-state index contributed by atoms with van der Waals surface area (Å²) in [6, 6.07) is 8.90. The zero-order valence-electron chi connectivity index (χ0n) is 9.39. The molecule has 1 heterocycles. The van der Waals surface area contributed by atoms with Crippen LogP contribution in [0.15, 0.2) is 36.5 Å². The van der Waals surface area contributed by atoms with Crippen LogP contribution in [-0.2, 0) is 0 Å². The van der Waals surface area contributed by atoms with Crippen molar-refractivity contribution in [2.75, 3.05) is 5.73 Å². The van der Waals surface area contributed by atoms with E-state index in [1.54, 1.807) is 30.5 Å². The number of rotatable bonds is 2. The zero-order valence-corrected chi connectivity index (χ0v) is 10.1. The zero-order chi connectivity index (χ0) is 12.4. The van der Waals surface area contributed by atoms with E-state index in [1.807, 2.05) is 13.0 Å². The van der Waals surface area contributed by atoms with Crippen LogP contribution in [0.1, 0.15) is 22.8 Å². The van der Waals surface area contributed by atoms with E-state index >= 15 is 0 Å². The monoisotopic (exact) mass is 248 g/mol. The number of aromatic nitrogens is 1. The molecule has 0 aliphatic carbocycles. The van der Waals surface area contributed by atoms with E-state index < -0.39 is 6.10 Å². The van der Waals surface area contributed by atoms with Gasteiger partial charge in [-0.05, 0) is 36.2 Å². The summed E-state index contributed by atoms with van der Waals surface area (Å²) < 4.78 is 0. The molecule has 3 N–H and O–H groups in total. The molecule has 0 spiro atoms. The molecule has 0 aliphatic heterocycles. The van der Waals surface area contributed by atoms with Crippen molar-refractivity contribution in [1.29, 1.82) is 0 Å². The second-order valence-corrected chi connectivity index (χ2v) is 4.38. The number of aliphatic hydroxyl groups excluding tert-OH is 1. The van der Waals surface area contributed by atoms with Crippen molar-refractivity contribution < 1.29 is 5.11 Å². The number of nitrogens with zero attached hydrogens (tertiary/aromatic N) is 1. The molecule has 2 rings (SSSR count). The van der Waals surface area contributed by atoms with Crippen LogP contribution in [-0.4, -0.2) is 10.1 Å². The van der Waals surface area contributed by atoms with Crippen LogP contribution >= 0.6 is 11.6 Å². The Morgan fingerprint density at radius 1 is 1.35 bits per heavy atom. The lowest BCUT2D eigenvalue weighted by Crippen LogP contribution is -2.06. The first kappa shape index (κ1) is 11.9. The normalized spacial score (nSPS) is 12.4. The summed E-state index contributed by atoms with van der Waals surface area (Å²) in [5.74, 6) is 0.336. The van der Waals surface area contributed by atoms with Crippen LogP contribution in [0.25, 0.3) is 0 Å². The number of pyridine rings is 1. The minimum Gasteiger partial charge on any atom is -0.384 e. The van der Waals surface area contributed by atoms with Gasteiger partial charge in [0.1, 0.15) is 11.9 Å². The summed E-state index contributed by atoms with van der Waals surface area (Å²) in [5, 5.41) is 10.8. The Kier molecular flexibility index (Phi) is 3.31. The van der Waals surface area contributed by atoms with Crippen LogP contribution in [0.2, 0.25) is 5.02 Å². The summed E-state index contributed by atoms with van der Waals surface area (Å²) in [6.07, 6.45) is 0.866. The van der Waals surface area contributed by atoms with Gasteiger partial charge < -0.3 is 10.8 Å². The maximum absolute atomic E-state index is 10.2. The van der Waals surface area contributed by atoms with Crippen molar-refractivity contribution in [2.24, 2.45) is 0 Å². The quantitative estimate of drug-likeness (QED) is 0.859. The molecule has 1 aromatic heterocycles.